The highest BCUT2D eigenvalue weighted by atomic mass is 16.3. The van der Waals surface area contributed by atoms with E-state index in [0.29, 0.717) is 18.1 Å². The molecule has 0 aliphatic carbocycles. The number of rotatable bonds is 6. The van der Waals surface area contributed by atoms with Crippen LogP contribution in [0, 0.1) is 0 Å². The van der Waals surface area contributed by atoms with Gasteiger partial charge in [-0.05, 0) is 51.3 Å². The first-order valence-electron chi connectivity index (χ1n) is 6.80. The molecular formula is C15H20N4O2. The molecule has 0 aliphatic heterocycles. The Balaban J connectivity index is 1.93. The zero-order valence-electron chi connectivity index (χ0n) is 12.3. The number of nitrogen functional groups attached to an aromatic ring is 1. The first-order chi connectivity index (χ1) is 10.1. The minimum Gasteiger partial charge on any atom is -0.444 e. The molecule has 0 fully saturated rings. The SMILES string of the molecule is CN(C)CCCNC(=O)c1coc(-c2ccc(N)cc2)n1. The Kier molecular flexibility index (Phi) is 4.94. The first-order valence-corrected chi connectivity index (χ1v) is 6.80. The van der Waals surface area contributed by atoms with Gasteiger partial charge in [-0.1, -0.05) is 0 Å². The van der Waals surface area contributed by atoms with E-state index in [2.05, 4.69) is 15.2 Å². The quantitative estimate of drug-likeness (QED) is 0.623. The van der Waals surface area contributed by atoms with Crippen molar-refractivity contribution in [2.24, 2.45) is 0 Å². The van der Waals surface area contributed by atoms with Gasteiger partial charge in [0.05, 0.1) is 0 Å². The maximum Gasteiger partial charge on any atom is 0.273 e. The third kappa shape index (κ3) is 4.32. The monoisotopic (exact) mass is 288 g/mol. The lowest BCUT2D eigenvalue weighted by atomic mass is 10.2. The average molecular weight is 288 g/mol. The van der Waals surface area contributed by atoms with E-state index in [0.717, 1.165) is 18.5 Å². The Morgan fingerprint density at radius 3 is 2.71 bits per heavy atom. The van der Waals surface area contributed by atoms with Crippen molar-refractivity contribution in [3.63, 3.8) is 0 Å². The second-order valence-corrected chi connectivity index (χ2v) is 5.07. The molecule has 0 atom stereocenters. The summed E-state index contributed by atoms with van der Waals surface area (Å²) >= 11 is 0. The average Bonchev–Trinajstić information content (AvgIpc) is 2.94. The van der Waals surface area contributed by atoms with Gasteiger partial charge in [0.2, 0.25) is 5.89 Å². The topological polar surface area (TPSA) is 84.4 Å². The van der Waals surface area contributed by atoms with Gasteiger partial charge in [0.25, 0.3) is 5.91 Å². The summed E-state index contributed by atoms with van der Waals surface area (Å²) in [6.07, 6.45) is 2.26. The van der Waals surface area contributed by atoms with Crippen LogP contribution in [0.4, 0.5) is 5.69 Å². The molecule has 0 saturated carbocycles. The number of amides is 1. The van der Waals surface area contributed by atoms with E-state index >= 15 is 0 Å². The second kappa shape index (κ2) is 6.90. The van der Waals surface area contributed by atoms with Gasteiger partial charge in [-0.2, -0.15) is 0 Å². The number of hydrogen-bond donors (Lipinski definition) is 2. The van der Waals surface area contributed by atoms with E-state index in [9.17, 15) is 4.79 Å². The molecule has 6 heteroatoms. The Labute approximate surface area is 124 Å². The molecule has 0 saturated heterocycles. The summed E-state index contributed by atoms with van der Waals surface area (Å²) < 4.78 is 5.34. The number of hydrogen-bond acceptors (Lipinski definition) is 5. The van der Waals surface area contributed by atoms with Crippen molar-refractivity contribution in [1.29, 1.82) is 0 Å². The number of nitrogens with zero attached hydrogens (tertiary/aromatic N) is 2. The van der Waals surface area contributed by atoms with E-state index in [-0.39, 0.29) is 11.6 Å². The number of anilines is 1. The molecule has 1 aromatic heterocycles. The van der Waals surface area contributed by atoms with Crippen LogP contribution in [-0.4, -0.2) is 43.0 Å². The molecule has 0 bridgehead atoms. The van der Waals surface area contributed by atoms with Gasteiger partial charge in [-0.25, -0.2) is 4.98 Å². The van der Waals surface area contributed by atoms with Crippen LogP contribution in [0.25, 0.3) is 11.5 Å². The summed E-state index contributed by atoms with van der Waals surface area (Å²) in [4.78, 5) is 18.2. The number of aromatic nitrogens is 1. The van der Waals surface area contributed by atoms with E-state index < -0.39 is 0 Å². The lowest BCUT2D eigenvalue weighted by Crippen LogP contribution is -2.27. The van der Waals surface area contributed by atoms with Crippen LogP contribution in [0.2, 0.25) is 0 Å². The zero-order valence-corrected chi connectivity index (χ0v) is 12.3. The standard InChI is InChI=1S/C15H20N4O2/c1-19(2)9-3-8-17-14(20)13-10-21-15(18-13)11-4-6-12(16)7-5-11/h4-7,10H,3,8-9,16H2,1-2H3,(H,17,20). The Hall–Kier alpha value is -2.34. The van der Waals surface area contributed by atoms with Crippen LogP contribution in [0.5, 0.6) is 0 Å². The summed E-state index contributed by atoms with van der Waals surface area (Å²) in [5.74, 6) is 0.188. The molecule has 3 N–H and O–H groups in total. The summed E-state index contributed by atoms with van der Waals surface area (Å²) in [5, 5.41) is 2.82. The minimum absolute atomic E-state index is 0.223. The van der Waals surface area contributed by atoms with E-state index in [1.54, 1.807) is 24.3 Å². The fourth-order valence-corrected chi connectivity index (χ4v) is 1.82. The minimum atomic E-state index is -0.223. The maximum atomic E-state index is 11.9. The van der Waals surface area contributed by atoms with Gasteiger partial charge >= 0.3 is 0 Å². The van der Waals surface area contributed by atoms with Crippen molar-refractivity contribution < 1.29 is 9.21 Å². The van der Waals surface area contributed by atoms with E-state index in [1.165, 1.54) is 6.26 Å². The second-order valence-electron chi connectivity index (χ2n) is 5.07. The highest BCUT2D eigenvalue weighted by Crippen LogP contribution is 2.19. The highest BCUT2D eigenvalue weighted by molar-refractivity contribution is 5.92. The van der Waals surface area contributed by atoms with Crippen molar-refractivity contribution in [3.05, 3.63) is 36.2 Å². The van der Waals surface area contributed by atoms with E-state index in [4.69, 9.17) is 10.2 Å². The Morgan fingerprint density at radius 1 is 1.33 bits per heavy atom. The molecule has 112 valence electrons. The summed E-state index contributed by atoms with van der Waals surface area (Å²) in [7, 11) is 4.00. The lowest BCUT2D eigenvalue weighted by Gasteiger charge is -2.08. The lowest BCUT2D eigenvalue weighted by molar-refractivity contribution is 0.0947. The van der Waals surface area contributed by atoms with E-state index in [1.807, 2.05) is 14.1 Å². The van der Waals surface area contributed by atoms with Gasteiger partial charge in [0, 0.05) is 17.8 Å². The van der Waals surface area contributed by atoms with Crippen LogP contribution in [0.15, 0.2) is 34.9 Å². The zero-order chi connectivity index (χ0) is 15.2. The predicted octanol–water partition coefficient (Wildman–Crippen LogP) is 1.61. The highest BCUT2D eigenvalue weighted by Gasteiger charge is 2.12. The van der Waals surface area contributed by atoms with Gasteiger partial charge in [0.15, 0.2) is 5.69 Å². The van der Waals surface area contributed by atoms with Gasteiger partial charge in [0.1, 0.15) is 6.26 Å². The third-order valence-electron chi connectivity index (χ3n) is 2.96. The predicted molar refractivity (Wildman–Crippen MR) is 81.9 cm³/mol. The summed E-state index contributed by atoms with van der Waals surface area (Å²) in [6, 6.07) is 7.14. The number of benzene rings is 1. The van der Waals surface area contributed by atoms with Crippen molar-refractivity contribution in [1.82, 2.24) is 15.2 Å². The molecule has 1 heterocycles. The molecule has 0 spiro atoms. The van der Waals surface area contributed by atoms with Crippen molar-refractivity contribution in [3.8, 4) is 11.5 Å². The van der Waals surface area contributed by atoms with Gasteiger partial charge in [-0.15, -0.1) is 0 Å². The number of carbonyl (C=O) groups is 1. The molecule has 0 unspecified atom stereocenters. The number of oxazole rings is 1. The molecule has 0 radical (unpaired) electrons. The van der Waals surface area contributed by atoms with Crippen molar-refractivity contribution >= 4 is 11.6 Å². The summed E-state index contributed by atoms with van der Waals surface area (Å²) in [5.41, 5.74) is 7.37. The van der Waals surface area contributed by atoms with Crippen LogP contribution >= 0.6 is 0 Å². The fraction of sp³-hybridized carbons (Fsp3) is 0.333. The number of nitrogens with two attached hydrogens (primary N) is 1. The molecule has 2 rings (SSSR count). The van der Waals surface area contributed by atoms with Crippen molar-refractivity contribution in [2.75, 3.05) is 32.9 Å². The van der Waals surface area contributed by atoms with Gasteiger partial charge < -0.3 is 20.4 Å². The Bertz CT molecular complexity index is 590. The third-order valence-corrected chi connectivity index (χ3v) is 2.96. The van der Waals surface area contributed by atoms with Gasteiger partial charge in [-0.3, -0.25) is 4.79 Å². The van der Waals surface area contributed by atoms with Crippen LogP contribution in [-0.2, 0) is 0 Å². The van der Waals surface area contributed by atoms with Crippen LogP contribution < -0.4 is 11.1 Å². The molecule has 1 amide bonds. The molecule has 21 heavy (non-hydrogen) atoms. The molecule has 2 aromatic rings. The number of nitrogens with one attached hydrogen (secondary N) is 1. The van der Waals surface area contributed by atoms with Crippen LogP contribution in [0.3, 0.4) is 0 Å². The molecule has 6 nitrogen and oxygen atoms in total. The van der Waals surface area contributed by atoms with Crippen molar-refractivity contribution in [2.45, 2.75) is 6.42 Å². The molecule has 1 aromatic carbocycles. The molecule has 0 aliphatic rings. The maximum absolute atomic E-state index is 11.9. The smallest absolute Gasteiger partial charge is 0.273 e. The fourth-order valence-electron chi connectivity index (χ4n) is 1.82. The Morgan fingerprint density at radius 2 is 2.05 bits per heavy atom. The number of carbonyl (C=O) groups excluding carboxylic acids is 1. The largest absolute Gasteiger partial charge is 0.444 e. The molecular weight excluding hydrogens is 268 g/mol. The normalized spacial score (nSPS) is 10.8. The first kappa shape index (κ1) is 15.1. The summed E-state index contributed by atoms with van der Waals surface area (Å²) in [6.45, 7) is 1.54. The van der Waals surface area contributed by atoms with Crippen LogP contribution in [0.1, 0.15) is 16.9 Å².